The van der Waals surface area contributed by atoms with Crippen molar-refractivity contribution >= 4 is 30.2 Å². The average molecular weight is 484 g/mol. The van der Waals surface area contributed by atoms with E-state index in [2.05, 4.69) is 114 Å². The molecule has 0 bridgehead atoms. The molecule has 1 heterocycles. The molecule has 1 radical (unpaired) electrons. The van der Waals surface area contributed by atoms with Crippen LogP contribution in [0.15, 0.2) is 32.7 Å². The van der Waals surface area contributed by atoms with Crippen LogP contribution in [0.1, 0.15) is 105 Å². The van der Waals surface area contributed by atoms with Gasteiger partial charge in [-0.1, -0.05) is 95.2 Å². The van der Waals surface area contributed by atoms with Crippen molar-refractivity contribution in [2.45, 2.75) is 105 Å². The number of fused-ring (bicyclic) bond motifs is 3. The third kappa shape index (κ3) is 5.42. The summed E-state index contributed by atoms with van der Waals surface area (Å²) in [6.07, 6.45) is 0. The highest BCUT2D eigenvalue weighted by molar-refractivity contribution is 7.31. The molecular weight excluding hydrogens is 439 g/mol. The fraction of sp³-hybridized carbons (Fsp3) is 0.567. The van der Waals surface area contributed by atoms with Gasteiger partial charge in [-0.05, 0) is 51.8 Å². The van der Waals surface area contributed by atoms with Gasteiger partial charge in [-0.3, -0.25) is 4.52 Å². The Hall–Kier alpha value is -1.70. The Bertz CT molecular complexity index is 1140. The Balaban J connectivity index is 2.75. The molecule has 0 atom stereocenters. The van der Waals surface area contributed by atoms with Crippen LogP contribution >= 0.6 is 8.24 Å². The second kappa shape index (κ2) is 8.75. The lowest BCUT2D eigenvalue weighted by molar-refractivity contribution is 0.410. The zero-order valence-electron chi connectivity index (χ0n) is 23.4. The van der Waals surface area contributed by atoms with Gasteiger partial charge in [-0.25, -0.2) is 0 Å². The lowest BCUT2D eigenvalue weighted by atomic mass is 9.77. The van der Waals surface area contributed by atoms with Crippen LogP contribution in [0, 0.1) is 6.92 Å². The second-order valence-corrected chi connectivity index (χ2v) is 14.6. The van der Waals surface area contributed by atoms with E-state index in [0.717, 1.165) is 21.9 Å². The molecule has 2 aromatic carbocycles. The van der Waals surface area contributed by atoms with Crippen LogP contribution in [-0.4, -0.2) is 6.61 Å². The van der Waals surface area contributed by atoms with Gasteiger partial charge in [0, 0.05) is 21.9 Å². The number of hydrogen-bond donors (Lipinski definition) is 0. The van der Waals surface area contributed by atoms with Crippen molar-refractivity contribution < 1.29 is 12.9 Å². The number of hydrogen-bond acceptors (Lipinski definition) is 3. The second-order valence-electron chi connectivity index (χ2n) is 13.5. The molecule has 0 saturated heterocycles. The molecule has 3 nitrogen and oxygen atoms in total. The maximum Gasteiger partial charge on any atom is 0.387 e. The van der Waals surface area contributed by atoms with E-state index >= 15 is 0 Å². The molecular formula is C30H44O3P. The van der Waals surface area contributed by atoms with Crippen LogP contribution in [-0.2, 0) is 21.7 Å². The summed E-state index contributed by atoms with van der Waals surface area (Å²) in [5.41, 5.74) is 6.40. The van der Waals surface area contributed by atoms with E-state index in [0.29, 0.717) is 0 Å². The third-order valence-corrected chi connectivity index (χ3v) is 7.40. The summed E-state index contributed by atoms with van der Waals surface area (Å²) in [5.74, 6) is 0. The Morgan fingerprint density at radius 1 is 0.618 bits per heavy atom. The first-order chi connectivity index (χ1) is 15.3. The third-order valence-electron chi connectivity index (χ3n) is 6.34. The first kappa shape index (κ1) is 26.9. The molecule has 4 heteroatoms. The van der Waals surface area contributed by atoms with Gasteiger partial charge in [0.2, 0.25) is 0 Å². The molecule has 0 spiro atoms. The molecule has 0 N–H and O–H groups in total. The van der Waals surface area contributed by atoms with Gasteiger partial charge < -0.3 is 8.39 Å². The van der Waals surface area contributed by atoms with Crippen LogP contribution in [0.2, 0.25) is 0 Å². The Labute approximate surface area is 207 Å². The molecule has 3 rings (SSSR count). The summed E-state index contributed by atoms with van der Waals surface area (Å²) in [6, 6.07) is 9.21. The van der Waals surface area contributed by atoms with Crippen LogP contribution < -0.4 is 4.52 Å². The van der Waals surface area contributed by atoms with Gasteiger partial charge in [-0.2, -0.15) is 0 Å². The van der Waals surface area contributed by atoms with Gasteiger partial charge in [0.15, 0.2) is 0 Å². The summed E-state index contributed by atoms with van der Waals surface area (Å²) in [6.45, 7) is 31.2. The highest BCUT2D eigenvalue weighted by Crippen LogP contribution is 2.44. The van der Waals surface area contributed by atoms with Crippen LogP contribution in [0.3, 0.4) is 0 Å². The van der Waals surface area contributed by atoms with E-state index in [1.54, 1.807) is 0 Å². The van der Waals surface area contributed by atoms with Crippen LogP contribution in [0.4, 0.5) is 0 Å². The maximum absolute atomic E-state index is 6.58. The first-order valence-electron chi connectivity index (χ1n) is 12.3. The average Bonchev–Trinajstić information content (AvgIpc) is 2.80. The van der Waals surface area contributed by atoms with Crippen molar-refractivity contribution in [3.63, 3.8) is 0 Å². The highest BCUT2D eigenvalue weighted by atomic mass is 31.1. The van der Waals surface area contributed by atoms with Crippen molar-refractivity contribution in [3.8, 4) is 0 Å². The lowest BCUT2D eigenvalue weighted by Gasteiger charge is -2.27. The molecule has 0 aliphatic carbocycles. The minimum Gasteiger partial charge on any atom is -0.399 e. The first-order valence-corrected chi connectivity index (χ1v) is 13.4. The molecule has 0 amide bonds. The Kier molecular flexibility index (Phi) is 6.92. The minimum absolute atomic E-state index is 0.00851. The molecule has 34 heavy (non-hydrogen) atoms. The van der Waals surface area contributed by atoms with Crippen molar-refractivity contribution in [2.24, 2.45) is 0 Å². The van der Waals surface area contributed by atoms with Gasteiger partial charge >= 0.3 is 8.24 Å². The molecule has 0 fully saturated rings. The van der Waals surface area contributed by atoms with E-state index < -0.39 is 8.24 Å². The Morgan fingerprint density at radius 2 is 0.971 bits per heavy atom. The predicted molar refractivity (Wildman–Crippen MR) is 148 cm³/mol. The van der Waals surface area contributed by atoms with Gasteiger partial charge in [-0.15, -0.1) is 0 Å². The zero-order chi connectivity index (χ0) is 25.9. The molecule has 187 valence electrons. The number of benzene rings is 2. The fourth-order valence-electron chi connectivity index (χ4n) is 4.13. The van der Waals surface area contributed by atoms with Gasteiger partial charge in [0.1, 0.15) is 11.2 Å². The summed E-state index contributed by atoms with van der Waals surface area (Å²) in [5, 5.41) is 2.17. The zero-order valence-corrected chi connectivity index (χ0v) is 24.3. The van der Waals surface area contributed by atoms with Gasteiger partial charge in [0.25, 0.3) is 0 Å². The van der Waals surface area contributed by atoms with E-state index in [1.807, 2.05) is 0 Å². The largest absolute Gasteiger partial charge is 0.399 e. The SMILES string of the molecule is [CH2]COp1oc2c(C(C)(C)C)cc(C(C)(C)C)cc2c2cc(C(C)(C)C)cc(C(C)(C)C)c2o1. The van der Waals surface area contributed by atoms with E-state index in [-0.39, 0.29) is 28.3 Å². The van der Waals surface area contributed by atoms with Gasteiger partial charge in [0.05, 0.1) is 6.61 Å². The molecule has 1 aromatic heterocycles. The summed E-state index contributed by atoms with van der Waals surface area (Å²) < 4.78 is 19.1. The van der Waals surface area contributed by atoms with E-state index in [4.69, 9.17) is 12.9 Å². The summed E-state index contributed by atoms with van der Waals surface area (Å²) in [4.78, 5) is 0. The monoisotopic (exact) mass is 483 g/mol. The number of rotatable bonds is 2. The fourth-order valence-corrected chi connectivity index (χ4v) is 5.11. The lowest BCUT2D eigenvalue weighted by Crippen LogP contribution is -2.17. The minimum atomic E-state index is -1.64. The smallest absolute Gasteiger partial charge is 0.387 e. The summed E-state index contributed by atoms with van der Waals surface area (Å²) in [7, 11) is -1.64. The Morgan fingerprint density at radius 3 is 1.24 bits per heavy atom. The highest BCUT2D eigenvalue weighted by Gasteiger charge is 2.28. The quantitative estimate of drug-likeness (QED) is 0.364. The topological polar surface area (TPSA) is 35.5 Å². The van der Waals surface area contributed by atoms with Crippen LogP contribution in [0.25, 0.3) is 21.9 Å². The molecule has 0 unspecified atom stereocenters. The summed E-state index contributed by atoms with van der Waals surface area (Å²) >= 11 is 0. The molecule has 0 aliphatic rings. The van der Waals surface area contributed by atoms with E-state index in [1.165, 1.54) is 22.3 Å². The van der Waals surface area contributed by atoms with Crippen molar-refractivity contribution in [2.75, 3.05) is 6.61 Å². The normalized spacial score (nSPS) is 13.7. The van der Waals surface area contributed by atoms with Crippen molar-refractivity contribution in [3.05, 3.63) is 53.4 Å². The predicted octanol–water partition coefficient (Wildman–Crippen LogP) is 9.74. The molecule has 0 saturated carbocycles. The van der Waals surface area contributed by atoms with Crippen molar-refractivity contribution in [1.82, 2.24) is 0 Å². The van der Waals surface area contributed by atoms with Crippen LogP contribution in [0.5, 0.6) is 0 Å². The maximum atomic E-state index is 6.58. The van der Waals surface area contributed by atoms with E-state index in [9.17, 15) is 0 Å². The molecule has 0 aliphatic heterocycles. The standard InChI is InChI=1S/C30H44O3P/c1-14-31-34-32-25-21(15-19(27(2,3)4)17-23(25)29(8,9)10)22-16-20(28(5,6)7)18-24(26(22)33-34)30(11,12)13/h15-18H,1,14H2,2-13H3. The molecule has 3 aromatic rings. The van der Waals surface area contributed by atoms with Crippen molar-refractivity contribution in [1.29, 1.82) is 0 Å².